The maximum Gasteiger partial charge on any atom is 0.270 e. The van der Waals surface area contributed by atoms with Gasteiger partial charge in [-0.2, -0.15) is 5.10 Å². The van der Waals surface area contributed by atoms with Gasteiger partial charge in [0.2, 0.25) is 5.91 Å². The lowest BCUT2D eigenvalue weighted by Gasteiger charge is -2.33. The number of non-ortho nitro benzene ring substituents is 2. The number of hydrazone groups is 1. The number of carbonyl (C=O) groups excluding carboxylic acids is 1. The van der Waals surface area contributed by atoms with Crippen molar-refractivity contribution in [3.05, 3.63) is 68.3 Å². The molecular formula is C19H20N6O5. The van der Waals surface area contributed by atoms with Crippen LogP contribution in [0.4, 0.5) is 22.7 Å². The number of carbonyl (C=O) groups is 1. The van der Waals surface area contributed by atoms with E-state index in [1.165, 1.54) is 42.6 Å². The molecule has 1 heterocycles. The quantitative estimate of drug-likeness (QED) is 0.402. The summed E-state index contributed by atoms with van der Waals surface area (Å²) in [6.45, 7) is 1.20. The van der Waals surface area contributed by atoms with Crippen LogP contribution in [-0.4, -0.2) is 35.1 Å². The Bertz CT molecular complexity index is 983. The molecule has 0 atom stereocenters. The van der Waals surface area contributed by atoms with Crippen LogP contribution in [0.1, 0.15) is 18.4 Å². The topological polar surface area (TPSA) is 157 Å². The predicted molar refractivity (Wildman–Crippen MR) is 112 cm³/mol. The van der Waals surface area contributed by atoms with Gasteiger partial charge >= 0.3 is 0 Å². The molecule has 1 aliphatic heterocycles. The lowest BCUT2D eigenvalue weighted by molar-refractivity contribution is -0.385. The van der Waals surface area contributed by atoms with Crippen LogP contribution in [0.2, 0.25) is 0 Å². The minimum absolute atomic E-state index is 0.0372. The molecular weight excluding hydrogens is 392 g/mol. The van der Waals surface area contributed by atoms with Gasteiger partial charge in [0, 0.05) is 54.5 Å². The van der Waals surface area contributed by atoms with Crippen molar-refractivity contribution in [2.24, 2.45) is 16.8 Å². The zero-order chi connectivity index (χ0) is 21.7. The number of anilines is 2. The van der Waals surface area contributed by atoms with E-state index in [0.29, 0.717) is 37.2 Å². The zero-order valence-electron chi connectivity index (χ0n) is 15.9. The summed E-state index contributed by atoms with van der Waals surface area (Å²) in [4.78, 5) is 34.3. The van der Waals surface area contributed by atoms with Crippen LogP contribution in [0, 0.1) is 26.1 Å². The highest BCUT2D eigenvalue weighted by atomic mass is 16.6. The van der Waals surface area contributed by atoms with E-state index in [1.54, 1.807) is 6.07 Å². The molecule has 0 aliphatic carbocycles. The number of nitro groups is 2. The molecule has 2 aromatic carbocycles. The van der Waals surface area contributed by atoms with Crippen LogP contribution in [0.25, 0.3) is 0 Å². The first-order valence-corrected chi connectivity index (χ1v) is 9.21. The Morgan fingerprint density at radius 2 is 1.67 bits per heavy atom. The molecule has 1 fully saturated rings. The summed E-state index contributed by atoms with van der Waals surface area (Å²) in [5.74, 6) is -0.479. The Morgan fingerprint density at radius 1 is 1.07 bits per heavy atom. The molecule has 1 aliphatic rings. The minimum atomic E-state index is -0.496. The Morgan fingerprint density at radius 3 is 2.23 bits per heavy atom. The third kappa shape index (κ3) is 4.87. The summed E-state index contributed by atoms with van der Waals surface area (Å²) in [7, 11) is 0. The summed E-state index contributed by atoms with van der Waals surface area (Å²) in [5.41, 5.74) is 9.87. The lowest BCUT2D eigenvalue weighted by atomic mass is 9.95. The first kappa shape index (κ1) is 20.7. The van der Waals surface area contributed by atoms with E-state index in [1.807, 2.05) is 4.90 Å². The molecule has 11 nitrogen and oxygen atoms in total. The summed E-state index contributed by atoms with van der Waals surface area (Å²) < 4.78 is 0. The largest absolute Gasteiger partial charge is 0.371 e. The second kappa shape index (κ2) is 8.99. The van der Waals surface area contributed by atoms with Gasteiger partial charge in [0.15, 0.2) is 0 Å². The van der Waals surface area contributed by atoms with E-state index in [9.17, 15) is 25.0 Å². The van der Waals surface area contributed by atoms with Crippen molar-refractivity contribution in [3.8, 4) is 0 Å². The summed E-state index contributed by atoms with van der Waals surface area (Å²) >= 11 is 0. The number of rotatable bonds is 7. The number of primary amides is 1. The standard InChI is InChI=1S/C19H20N6O5/c20-19(26)13-7-9-23(10-8-13)18-6-5-17(25(29)30)11-14(18)12-21-22-15-1-3-16(4-2-15)24(27)28/h1-6,11-13,22H,7-10H2,(H2,20,26)/b21-12-. The minimum Gasteiger partial charge on any atom is -0.371 e. The number of amides is 1. The predicted octanol–water partition coefficient (Wildman–Crippen LogP) is 2.65. The van der Waals surface area contributed by atoms with Crippen molar-refractivity contribution < 1.29 is 14.6 Å². The molecule has 11 heteroatoms. The number of hydrogen-bond acceptors (Lipinski definition) is 8. The van der Waals surface area contributed by atoms with Crippen molar-refractivity contribution in [1.29, 1.82) is 0 Å². The van der Waals surface area contributed by atoms with Crippen LogP contribution in [-0.2, 0) is 4.79 Å². The number of benzene rings is 2. The summed E-state index contributed by atoms with van der Waals surface area (Å²) in [6.07, 6.45) is 2.69. The van der Waals surface area contributed by atoms with Gasteiger partial charge in [-0.25, -0.2) is 0 Å². The highest BCUT2D eigenvalue weighted by Gasteiger charge is 2.25. The van der Waals surface area contributed by atoms with E-state index in [-0.39, 0.29) is 23.2 Å². The first-order chi connectivity index (χ1) is 14.3. The maximum atomic E-state index is 11.4. The monoisotopic (exact) mass is 412 g/mol. The Kier molecular flexibility index (Phi) is 6.20. The summed E-state index contributed by atoms with van der Waals surface area (Å²) in [5, 5.41) is 26.0. The van der Waals surface area contributed by atoms with Gasteiger partial charge < -0.3 is 10.6 Å². The molecule has 1 amide bonds. The van der Waals surface area contributed by atoms with Crippen molar-refractivity contribution in [1.82, 2.24) is 0 Å². The fourth-order valence-corrected chi connectivity index (χ4v) is 3.29. The molecule has 0 bridgehead atoms. The third-order valence-electron chi connectivity index (χ3n) is 4.94. The fourth-order valence-electron chi connectivity index (χ4n) is 3.29. The van der Waals surface area contributed by atoms with E-state index in [2.05, 4.69) is 10.5 Å². The molecule has 0 saturated carbocycles. The molecule has 2 aromatic rings. The van der Waals surface area contributed by atoms with Crippen molar-refractivity contribution in [2.45, 2.75) is 12.8 Å². The third-order valence-corrected chi connectivity index (χ3v) is 4.94. The average molecular weight is 412 g/mol. The molecule has 1 saturated heterocycles. The van der Waals surface area contributed by atoms with Gasteiger partial charge in [-0.1, -0.05) is 0 Å². The first-order valence-electron chi connectivity index (χ1n) is 9.21. The van der Waals surface area contributed by atoms with Crippen LogP contribution in [0.15, 0.2) is 47.6 Å². The smallest absolute Gasteiger partial charge is 0.270 e. The summed E-state index contributed by atoms with van der Waals surface area (Å²) in [6, 6.07) is 10.2. The number of nitro benzene ring substituents is 2. The number of nitrogens with zero attached hydrogens (tertiary/aromatic N) is 4. The Labute approximate surface area is 171 Å². The van der Waals surface area contributed by atoms with E-state index >= 15 is 0 Å². The number of hydrogen-bond donors (Lipinski definition) is 2. The van der Waals surface area contributed by atoms with Gasteiger partial charge in [0.25, 0.3) is 11.4 Å². The second-order valence-electron chi connectivity index (χ2n) is 6.84. The Balaban J connectivity index is 1.78. The molecule has 3 N–H and O–H groups in total. The molecule has 156 valence electrons. The fraction of sp³-hybridized carbons (Fsp3) is 0.263. The van der Waals surface area contributed by atoms with Crippen molar-refractivity contribution in [3.63, 3.8) is 0 Å². The van der Waals surface area contributed by atoms with Crippen LogP contribution >= 0.6 is 0 Å². The highest BCUT2D eigenvalue weighted by Crippen LogP contribution is 2.28. The second-order valence-corrected chi connectivity index (χ2v) is 6.84. The average Bonchev–Trinajstić information content (AvgIpc) is 2.74. The van der Waals surface area contributed by atoms with E-state index in [4.69, 9.17) is 5.73 Å². The van der Waals surface area contributed by atoms with Gasteiger partial charge in [-0.3, -0.25) is 30.4 Å². The van der Waals surface area contributed by atoms with Crippen LogP contribution in [0.5, 0.6) is 0 Å². The van der Waals surface area contributed by atoms with Crippen LogP contribution in [0.3, 0.4) is 0 Å². The van der Waals surface area contributed by atoms with E-state index in [0.717, 1.165) is 5.69 Å². The number of nitrogens with two attached hydrogens (primary N) is 1. The van der Waals surface area contributed by atoms with Gasteiger partial charge in [-0.15, -0.1) is 0 Å². The molecule has 0 aromatic heterocycles. The van der Waals surface area contributed by atoms with E-state index < -0.39 is 9.85 Å². The molecule has 3 rings (SSSR count). The molecule has 0 radical (unpaired) electrons. The lowest BCUT2D eigenvalue weighted by Crippen LogP contribution is -2.38. The van der Waals surface area contributed by atoms with Crippen molar-refractivity contribution in [2.75, 3.05) is 23.4 Å². The molecule has 0 spiro atoms. The zero-order valence-corrected chi connectivity index (χ0v) is 15.9. The molecule has 0 unspecified atom stereocenters. The van der Waals surface area contributed by atoms with Gasteiger partial charge in [0.1, 0.15) is 0 Å². The van der Waals surface area contributed by atoms with Crippen molar-refractivity contribution >= 4 is 34.9 Å². The normalized spacial score (nSPS) is 14.6. The highest BCUT2D eigenvalue weighted by molar-refractivity contribution is 5.89. The number of nitrogens with one attached hydrogen (secondary N) is 1. The SMILES string of the molecule is NC(=O)C1CCN(c2ccc([N+](=O)[O-])cc2/C=N\Nc2ccc([N+](=O)[O-])cc2)CC1. The van der Waals surface area contributed by atoms with Crippen LogP contribution < -0.4 is 16.1 Å². The van der Waals surface area contributed by atoms with Gasteiger partial charge in [-0.05, 0) is 31.0 Å². The number of piperidine rings is 1. The maximum absolute atomic E-state index is 11.4. The Hall–Kier alpha value is -4.02. The van der Waals surface area contributed by atoms with Gasteiger partial charge in [0.05, 0.1) is 21.7 Å². The molecule has 30 heavy (non-hydrogen) atoms.